The Kier molecular flexibility index (Phi) is 6.03. The highest BCUT2D eigenvalue weighted by Crippen LogP contribution is 2.25. The second-order valence-corrected chi connectivity index (χ2v) is 6.08. The van der Waals surface area contributed by atoms with Crippen molar-refractivity contribution in [3.63, 3.8) is 0 Å². The van der Waals surface area contributed by atoms with E-state index in [9.17, 15) is 0 Å². The van der Waals surface area contributed by atoms with E-state index >= 15 is 0 Å². The van der Waals surface area contributed by atoms with Crippen molar-refractivity contribution in [2.24, 2.45) is 5.10 Å². The van der Waals surface area contributed by atoms with Crippen LogP contribution in [-0.4, -0.2) is 11.3 Å². The summed E-state index contributed by atoms with van der Waals surface area (Å²) in [5.41, 5.74) is 5.22. The molecule has 0 saturated heterocycles. The van der Waals surface area contributed by atoms with Crippen molar-refractivity contribution in [1.82, 2.24) is 5.43 Å². The van der Waals surface area contributed by atoms with Gasteiger partial charge in [-0.15, -0.1) is 0 Å². The third kappa shape index (κ3) is 4.58. The van der Waals surface area contributed by atoms with Crippen LogP contribution in [-0.2, 0) is 0 Å². The summed E-state index contributed by atoms with van der Waals surface area (Å²) in [7, 11) is 0. The Morgan fingerprint density at radius 1 is 1.14 bits per heavy atom. The van der Waals surface area contributed by atoms with Crippen molar-refractivity contribution in [3.8, 4) is 0 Å². The summed E-state index contributed by atoms with van der Waals surface area (Å²) in [5, 5.41) is 8.98. The third-order valence-electron chi connectivity index (χ3n) is 2.81. The standard InChI is InChI=1S/C15H12Cl3N3S/c1-9-3-2-4-12(17)11(9)8-19-21-15(22)20-14-6-5-10(16)7-13(14)18/h2-8H,1H3,(H2,20,21,22)/b19-8+. The summed E-state index contributed by atoms with van der Waals surface area (Å²) >= 11 is 23.2. The largest absolute Gasteiger partial charge is 0.330 e. The van der Waals surface area contributed by atoms with E-state index in [0.29, 0.717) is 25.9 Å². The molecule has 0 bridgehead atoms. The maximum atomic E-state index is 6.11. The quantitative estimate of drug-likeness (QED) is 0.437. The molecule has 0 aromatic heterocycles. The van der Waals surface area contributed by atoms with Gasteiger partial charge in [-0.25, -0.2) is 0 Å². The van der Waals surface area contributed by atoms with Gasteiger partial charge in [0.2, 0.25) is 0 Å². The Balaban J connectivity index is 1.99. The van der Waals surface area contributed by atoms with E-state index in [4.69, 9.17) is 47.0 Å². The number of anilines is 1. The normalized spacial score (nSPS) is 10.7. The fraction of sp³-hybridized carbons (Fsp3) is 0.0667. The SMILES string of the molecule is Cc1cccc(Cl)c1/C=N/NC(=S)Nc1ccc(Cl)cc1Cl. The minimum absolute atomic E-state index is 0.310. The van der Waals surface area contributed by atoms with Crippen LogP contribution in [0.5, 0.6) is 0 Å². The van der Waals surface area contributed by atoms with E-state index in [0.717, 1.165) is 11.1 Å². The maximum absolute atomic E-state index is 6.11. The van der Waals surface area contributed by atoms with E-state index in [-0.39, 0.29) is 0 Å². The zero-order chi connectivity index (χ0) is 16.1. The second-order valence-electron chi connectivity index (χ2n) is 4.42. The summed E-state index contributed by atoms with van der Waals surface area (Å²) < 4.78 is 0. The van der Waals surface area contributed by atoms with Crippen LogP contribution in [0.1, 0.15) is 11.1 Å². The molecule has 7 heteroatoms. The Hall–Kier alpha value is -1.33. The topological polar surface area (TPSA) is 36.4 Å². The summed E-state index contributed by atoms with van der Waals surface area (Å²) in [6.45, 7) is 1.96. The number of thiocarbonyl (C=S) groups is 1. The van der Waals surface area contributed by atoms with Crippen LogP contribution in [0.15, 0.2) is 41.5 Å². The number of hydrogen-bond donors (Lipinski definition) is 2. The molecule has 0 aliphatic carbocycles. The van der Waals surface area contributed by atoms with Crippen molar-refractivity contribution >= 4 is 64.0 Å². The van der Waals surface area contributed by atoms with Gasteiger partial charge in [0.25, 0.3) is 0 Å². The van der Waals surface area contributed by atoms with E-state index in [1.807, 2.05) is 19.1 Å². The van der Waals surface area contributed by atoms with Crippen LogP contribution < -0.4 is 10.7 Å². The Morgan fingerprint density at radius 2 is 1.91 bits per heavy atom. The van der Waals surface area contributed by atoms with Gasteiger partial charge in [0.1, 0.15) is 0 Å². The smallest absolute Gasteiger partial charge is 0.191 e. The number of nitrogens with one attached hydrogen (secondary N) is 2. The lowest BCUT2D eigenvalue weighted by atomic mass is 10.1. The number of benzene rings is 2. The lowest BCUT2D eigenvalue weighted by molar-refractivity contribution is 1.05. The molecule has 0 fully saturated rings. The van der Waals surface area contributed by atoms with Crippen LogP contribution in [0.25, 0.3) is 0 Å². The van der Waals surface area contributed by atoms with Gasteiger partial charge < -0.3 is 5.32 Å². The van der Waals surface area contributed by atoms with Crippen LogP contribution >= 0.6 is 47.0 Å². The fourth-order valence-electron chi connectivity index (χ4n) is 1.70. The second kappa shape index (κ2) is 7.79. The molecule has 0 atom stereocenters. The van der Waals surface area contributed by atoms with Gasteiger partial charge in [-0.2, -0.15) is 5.10 Å². The average Bonchev–Trinajstić information content (AvgIpc) is 2.45. The van der Waals surface area contributed by atoms with Gasteiger partial charge in [-0.05, 0) is 49.0 Å². The van der Waals surface area contributed by atoms with E-state index in [1.54, 1.807) is 30.5 Å². The molecule has 22 heavy (non-hydrogen) atoms. The maximum Gasteiger partial charge on any atom is 0.191 e. The van der Waals surface area contributed by atoms with Crippen LogP contribution in [0.3, 0.4) is 0 Å². The lowest BCUT2D eigenvalue weighted by Crippen LogP contribution is -2.24. The summed E-state index contributed by atoms with van der Waals surface area (Å²) in [6.07, 6.45) is 1.62. The molecule has 0 heterocycles. The van der Waals surface area contributed by atoms with Crippen molar-refractivity contribution in [3.05, 3.63) is 62.6 Å². The van der Waals surface area contributed by atoms with Gasteiger partial charge in [-0.3, -0.25) is 5.43 Å². The van der Waals surface area contributed by atoms with Crippen molar-refractivity contribution in [1.29, 1.82) is 0 Å². The average molecular weight is 373 g/mol. The zero-order valence-corrected chi connectivity index (χ0v) is 14.6. The van der Waals surface area contributed by atoms with Crippen molar-refractivity contribution in [2.75, 3.05) is 5.32 Å². The first kappa shape index (κ1) is 17.0. The minimum atomic E-state index is 0.310. The first-order chi connectivity index (χ1) is 10.5. The fourth-order valence-corrected chi connectivity index (χ4v) is 2.59. The zero-order valence-electron chi connectivity index (χ0n) is 11.5. The van der Waals surface area contributed by atoms with Crippen molar-refractivity contribution in [2.45, 2.75) is 6.92 Å². The predicted molar refractivity (Wildman–Crippen MR) is 99.6 cm³/mol. The molecule has 114 valence electrons. The molecule has 0 unspecified atom stereocenters. The summed E-state index contributed by atoms with van der Waals surface area (Å²) in [6, 6.07) is 10.7. The molecule has 0 spiro atoms. The van der Waals surface area contributed by atoms with Gasteiger partial charge in [-0.1, -0.05) is 46.9 Å². The predicted octanol–water partition coefficient (Wildman–Crippen LogP) is 5.28. The molecule has 2 aromatic rings. The molecular weight excluding hydrogens is 361 g/mol. The van der Waals surface area contributed by atoms with Gasteiger partial charge in [0.15, 0.2) is 5.11 Å². The van der Waals surface area contributed by atoms with Crippen molar-refractivity contribution < 1.29 is 0 Å². The molecule has 2 N–H and O–H groups in total. The number of rotatable bonds is 3. The lowest BCUT2D eigenvalue weighted by Gasteiger charge is -2.09. The Bertz CT molecular complexity index is 712. The van der Waals surface area contributed by atoms with Crippen LogP contribution in [0.4, 0.5) is 5.69 Å². The molecule has 0 aliphatic rings. The number of nitrogens with zero attached hydrogens (tertiary/aromatic N) is 1. The molecule has 0 amide bonds. The van der Waals surface area contributed by atoms with E-state index in [2.05, 4.69) is 15.8 Å². The number of hydrogen-bond acceptors (Lipinski definition) is 2. The van der Waals surface area contributed by atoms with Crippen LogP contribution in [0.2, 0.25) is 15.1 Å². The highest BCUT2D eigenvalue weighted by Gasteiger charge is 2.03. The van der Waals surface area contributed by atoms with E-state index in [1.165, 1.54) is 0 Å². The highest BCUT2D eigenvalue weighted by atomic mass is 35.5. The molecule has 0 aliphatic heterocycles. The summed E-state index contributed by atoms with van der Waals surface area (Å²) in [4.78, 5) is 0. The highest BCUT2D eigenvalue weighted by molar-refractivity contribution is 7.80. The number of halogens is 3. The molecule has 3 nitrogen and oxygen atoms in total. The first-order valence-corrected chi connectivity index (χ1v) is 7.82. The first-order valence-electron chi connectivity index (χ1n) is 6.27. The molecular formula is C15H12Cl3N3S. The number of aryl methyl sites for hydroxylation is 1. The molecule has 0 radical (unpaired) electrons. The van der Waals surface area contributed by atoms with Gasteiger partial charge in [0.05, 0.1) is 16.9 Å². The number of hydrazone groups is 1. The van der Waals surface area contributed by atoms with Gasteiger partial charge in [0, 0.05) is 15.6 Å². The molecule has 2 rings (SSSR count). The minimum Gasteiger partial charge on any atom is -0.330 e. The van der Waals surface area contributed by atoms with Crippen LogP contribution in [0, 0.1) is 6.92 Å². The molecule has 0 saturated carbocycles. The molecule has 2 aromatic carbocycles. The summed E-state index contributed by atoms with van der Waals surface area (Å²) in [5.74, 6) is 0. The van der Waals surface area contributed by atoms with Gasteiger partial charge >= 0.3 is 0 Å². The Morgan fingerprint density at radius 3 is 2.59 bits per heavy atom. The van der Waals surface area contributed by atoms with E-state index < -0.39 is 0 Å². The third-order valence-corrected chi connectivity index (χ3v) is 3.88. The Labute approximate surface area is 149 Å². The monoisotopic (exact) mass is 371 g/mol.